The first-order valence-electron chi connectivity index (χ1n) is 9.62. The van der Waals surface area contributed by atoms with Crippen molar-refractivity contribution in [1.82, 2.24) is 14.7 Å². The maximum atomic E-state index is 12.1. The Kier molecular flexibility index (Phi) is 6.42. The van der Waals surface area contributed by atoms with Crippen molar-refractivity contribution in [2.75, 3.05) is 11.9 Å². The van der Waals surface area contributed by atoms with Gasteiger partial charge in [-0.2, -0.15) is 0 Å². The fourth-order valence-corrected chi connectivity index (χ4v) is 3.09. The molecule has 0 saturated carbocycles. The number of nitrogens with one attached hydrogen (secondary N) is 2. The summed E-state index contributed by atoms with van der Waals surface area (Å²) in [6.45, 7) is 4.22. The molecule has 0 aliphatic heterocycles. The zero-order chi connectivity index (χ0) is 19.9. The second kappa shape index (κ2) is 9.17. The van der Waals surface area contributed by atoms with Gasteiger partial charge in [0.05, 0.1) is 5.69 Å². The summed E-state index contributed by atoms with van der Waals surface area (Å²) in [5, 5.41) is 5.69. The monoisotopic (exact) mass is 378 g/mol. The highest BCUT2D eigenvalue weighted by molar-refractivity contribution is 5.90. The lowest BCUT2D eigenvalue weighted by Gasteiger charge is -2.06. The van der Waals surface area contributed by atoms with Gasteiger partial charge in [-0.3, -0.25) is 9.59 Å². The van der Waals surface area contributed by atoms with Gasteiger partial charge in [0.15, 0.2) is 0 Å². The van der Waals surface area contributed by atoms with Crippen LogP contribution in [0.1, 0.15) is 38.2 Å². The van der Waals surface area contributed by atoms with Crippen molar-refractivity contribution in [2.45, 2.75) is 39.5 Å². The van der Waals surface area contributed by atoms with Crippen LogP contribution < -0.4 is 10.6 Å². The quantitative estimate of drug-likeness (QED) is 0.583. The third-order valence-electron chi connectivity index (χ3n) is 4.60. The van der Waals surface area contributed by atoms with E-state index in [9.17, 15) is 9.59 Å². The van der Waals surface area contributed by atoms with E-state index in [-0.39, 0.29) is 11.8 Å². The number of anilines is 1. The summed E-state index contributed by atoms with van der Waals surface area (Å²) in [4.78, 5) is 27.5. The number of fused-ring (bicyclic) bond motifs is 1. The summed E-state index contributed by atoms with van der Waals surface area (Å²) < 4.78 is 2.02. The smallest absolute Gasteiger partial charge is 0.224 e. The number of amides is 2. The molecule has 3 aromatic rings. The van der Waals surface area contributed by atoms with Crippen LogP contribution in [0.2, 0.25) is 0 Å². The van der Waals surface area contributed by atoms with Crippen molar-refractivity contribution in [3.63, 3.8) is 0 Å². The summed E-state index contributed by atoms with van der Waals surface area (Å²) in [6.07, 6.45) is 7.10. The maximum Gasteiger partial charge on any atom is 0.224 e. The average molecular weight is 378 g/mol. The van der Waals surface area contributed by atoms with Crippen LogP contribution in [0.3, 0.4) is 0 Å². The fraction of sp³-hybridized carbons (Fsp3) is 0.318. The number of pyridine rings is 1. The van der Waals surface area contributed by atoms with Crippen LogP contribution in [0, 0.1) is 6.92 Å². The molecular formula is C22H26N4O2. The Hall–Kier alpha value is -3.15. The minimum atomic E-state index is -0.0139. The first-order chi connectivity index (χ1) is 13.5. The predicted molar refractivity (Wildman–Crippen MR) is 111 cm³/mol. The number of carbonyl (C=O) groups is 2. The van der Waals surface area contributed by atoms with Gasteiger partial charge in [-0.1, -0.05) is 24.6 Å². The Bertz CT molecular complexity index is 960. The highest BCUT2D eigenvalue weighted by atomic mass is 16.2. The van der Waals surface area contributed by atoms with E-state index in [1.54, 1.807) is 0 Å². The van der Waals surface area contributed by atoms with Crippen LogP contribution in [-0.2, 0) is 9.59 Å². The van der Waals surface area contributed by atoms with E-state index in [2.05, 4.69) is 10.6 Å². The molecule has 146 valence electrons. The van der Waals surface area contributed by atoms with Crippen LogP contribution in [0.5, 0.6) is 0 Å². The van der Waals surface area contributed by atoms with E-state index < -0.39 is 0 Å². The number of hydrogen-bond donors (Lipinski definition) is 2. The number of hydrogen-bond acceptors (Lipinski definition) is 3. The van der Waals surface area contributed by atoms with Crippen molar-refractivity contribution in [3.05, 3.63) is 54.4 Å². The number of carbonyl (C=O) groups excluding carboxylic acids is 2. The van der Waals surface area contributed by atoms with Crippen LogP contribution >= 0.6 is 0 Å². The van der Waals surface area contributed by atoms with Crippen molar-refractivity contribution in [3.8, 4) is 11.3 Å². The van der Waals surface area contributed by atoms with Gasteiger partial charge in [0, 0.05) is 43.5 Å². The first-order valence-corrected chi connectivity index (χ1v) is 9.62. The number of imidazole rings is 1. The van der Waals surface area contributed by atoms with Crippen molar-refractivity contribution >= 4 is 23.1 Å². The van der Waals surface area contributed by atoms with Gasteiger partial charge in [0.1, 0.15) is 5.65 Å². The second-order valence-corrected chi connectivity index (χ2v) is 6.97. The molecule has 2 N–H and O–H groups in total. The van der Waals surface area contributed by atoms with Crippen molar-refractivity contribution in [1.29, 1.82) is 0 Å². The molecule has 0 aliphatic carbocycles. The summed E-state index contributed by atoms with van der Waals surface area (Å²) in [6, 6.07) is 11.8. The van der Waals surface area contributed by atoms with Gasteiger partial charge in [-0.15, -0.1) is 0 Å². The highest BCUT2D eigenvalue weighted by Gasteiger charge is 2.07. The Morgan fingerprint density at radius 2 is 1.86 bits per heavy atom. The Balaban J connectivity index is 1.50. The van der Waals surface area contributed by atoms with Gasteiger partial charge >= 0.3 is 0 Å². The van der Waals surface area contributed by atoms with Crippen LogP contribution in [0.15, 0.2) is 48.8 Å². The largest absolute Gasteiger partial charge is 0.356 e. The number of rotatable bonds is 8. The molecule has 0 aliphatic rings. The molecule has 0 unspecified atom stereocenters. The second-order valence-electron chi connectivity index (χ2n) is 6.97. The Labute approximate surface area is 165 Å². The summed E-state index contributed by atoms with van der Waals surface area (Å²) in [7, 11) is 0. The summed E-state index contributed by atoms with van der Waals surface area (Å²) >= 11 is 0. The van der Waals surface area contributed by atoms with E-state index in [0.717, 1.165) is 47.4 Å². The molecule has 28 heavy (non-hydrogen) atoms. The predicted octanol–water partition coefficient (Wildman–Crippen LogP) is 3.94. The molecule has 0 spiro atoms. The molecule has 0 bridgehead atoms. The van der Waals surface area contributed by atoms with Crippen LogP contribution in [0.25, 0.3) is 16.9 Å². The molecule has 6 heteroatoms. The summed E-state index contributed by atoms with van der Waals surface area (Å²) in [5.41, 5.74) is 4.79. The molecule has 2 heterocycles. The SMILES string of the molecule is CC(=O)NCCCCCC(=O)Nc1ccc(-c2cn3cccc(C)c3n2)cc1. The van der Waals surface area contributed by atoms with Crippen molar-refractivity contribution < 1.29 is 9.59 Å². The van der Waals surface area contributed by atoms with Gasteiger partial charge in [-0.05, 0) is 43.5 Å². The standard InChI is InChI=1S/C22H26N4O2/c1-16-7-6-14-26-15-20(25-22(16)26)18-9-11-19(12-10-18)24-21(28)8-4-3-5-13-23-17(2)27/h6-7,9-12,14-15H,3-5,8,13H2,1-2H3,(H,23,27)(H,24,28). The van der Waals surface area contributed by atoms with E-state index in [0.29, 0.717) is 13.0 Å². The topological polar surface area (TPSA) is 75.5 Å². The third-order valence-corrected chi connectivity index (χ3v) is 4.60. The van der Waals surface area contributed by atoms with Crippen molar-refractivity contribution in [2.24, 2.45) is 0 Å². The molecule has 0 saturated heterocycles. The Morgan fingerprint density at radius 1 is 1.07 bits per heavy atom. The van der Waals surface area contributed by atoms with Gasteiger partial charge in [-0.25, -0.2) is 4.98 Å². The molecule has 0 atom stereocenters. The lowest BCUT2D eigenvalue weighted by atomic mass is 10.1. The molecular weight excluding hydrogens is 352 g/mol. The maximum absolute atomic E-state index is 12.1. The molecule has 6 nitrogen and oxygen atoms in total. The van der Waals surface area contributed by atoms with E-state index in [4.69, 9.17) is 4.98 Å². The molecule has 0 radical (unpaired) electrons. The highest BCUT2D eigenvalue weighted by Crippen LogP contribution is 2.22. The zero-order valence-corrected chi connectivity index (χ0v) is 16.4. The minimum absolute atomic E-state index is 0.00984. The van der Waals surface area contributed by atoms with Gasteiger partial charge in [0.2, 0.25) is 11.8 Å². The van der Waals surface area contributed by atoms with Gasteiger partial charge < -0.3 is 15.0 Å². The minimum Gasteiger partial charge on any atom is -0.356 e. The molecule has 3 rings (SSSR count). The zero-order valence-electron chi connectivity index (χ0n) is 16.4. The van der Waals surface area contributed by atoms with E-state index >= 15 is 0 Å². The lowest BCUT2D eigenvalue weighted by molar-refractivity contribution is -0.119. The van der Waals surface area contributed by atoms with Crippen LogP contribution in [-0.4, -0.2) is 27.7 Å². The molecule has 0 fully saturated rings. The third kappa shape index (κ3) is 5.19. The van der Waals surface area contributed by atoms with E-state index in [1.807, 2.05) is 60.1 Å². The molecule has 2 amide bonds. The number of aromatic nitrogens is 2. The van der Waals surface area contributed by atoms with Gasteiger partial charge in [0.25, 0.3) is 0 Å². The average Bonchev–Trinajstić information content (AvgIpc) is 3.11. The first kappa shape index (κ1) is 19.6. The molecule has 1 aromatic carbocycles. The van der Waals surface area contributed by atoms with E-state index in [1.165, 1.54) is 6.92 Å². The summed E-state index contributed by atoms with van der Waals surface area (Å²) in [5.74, 6) is -0.00408. The van der Waals surface area contributed by atoms with Crippen LogP contribution in [0.4, 0.5) is 5.69 Å². The lowest BCUT2D eigenvalue weighted by Crippen LogP contribution is -2.20. The fourth-order valence-electron chi connectivity index (χ4n) is 3.09. The number of benzene rings is 1. The Morgan fingerprint density at radius 3 is 2.57 bits per heavy atom. The molecule has 2 aromatic heterocycles. The number of aryl methyl sites for hydroxylation is 1. The normalized spacial score (nSPS) is 10.8. The number of unbranched alkanes of at least 4 members (excludes halogenated alkanes) is 2. The number of nitrogens with zero attached hydrogens (tertiary/aromatic N) is 2.